The second kappa shape index (κ2) is 9.84. The van der Waals surface area contributed by atoms with Gasteiger partial charge in [-0.3, -0.25) is 19.0 Å². The van der Waals surface area contributed by atoms with Crippen molar-refractivity contribution in [1.82, 2.24) is 14.5 Å². The third-order valence-corrected chi connectivity index (χ3v) is 5.42. The van der Waals surface area contributed by atoms with E-state index in [9.17, 15) is 18.8 Å². The summed E-state index contributed by atoms with van der Waals surface area (Å²) < 4.78 is 20.3. The maximum Gasteiger partial charge on any atom is 0.262 e. The number of fused-ring (bicyclic) bond motifs is 1. The summed E-state index contributed by atoms with van der Waals surface area (Å²) in [5, 5.41) is 0.367. The Hall–Kier alpha value is -3.37. The van der Waals surface area contributed by atoms with Crippen molar-refractivity contribution >= 4 is 34.9 Å². The summed E-state index contributed by atoms with van der Waals surface area (Å²) in [6.45, 7) is 0.890. The first kappa shape index (κ1) is 23.3. The normalized spacial score (nSPS) is 12.0. The largest absolute Gasteiger partial charge is 0.385 e. The van der Waals surface area contributed by atoms with E-state index in [0.717, 1.165) is 11.0 Å². The quantitative estimate of drug-likeness (QED) is 0.398. The number of nitrogens with two attached hydrogens (primary N) is 1. The van der Waals surface area contributed by atoms with Crippen molar-refractivity contribution in [2.45, 2.75) is 19.0 Å². The van der Waals surface area contributed by atoms with E-state index in [1.54, 1.807) is 7.11 Å². The minimum Gasteiger partial charge on any atom is -0.385 e. The van der Waals surface area contributed by atoms with Crippen LogP contribution >= 0.6 is 12.2 Å². The van der Waals surface area contributed by atoms with Gasteiger partial charge in [0.05, 0.1) is 10.9 Å². The van der Waals surface area contributed by atoms with E-state index < -0.39 is 23.7 Å². The van der Waals surface area contributed by atoms with E-state index in [1.807, 2.05) is 0 Å². The Morgan fingerprint density at radius 1 is 1.28 bits per heavy atom. The van der Waals surface area contributed by atoms with Crippen molar-refractivity contribution in [2.24, 2.45) is 5.73 Å². The Kier molecular flexibility index (Phi) is 7.16. The molecule has 0 bridgehead atoms. The molecule has 3 aromatic rings. The Balaban J connectivity index is 1.97. The molecule has 1 aromatic heterocycles. The molecule has 8 nitrogen and oxygen atoms in total. The SMILES string of the molecule is COCCCn1c(=S)[nH]c2cc(C(=O)N(C)C(C(N)=O)c3cccc(F)c3)ccc2c1=O. The molecular formula is C22H23FN4O4S. The Morgan fingerprint density at radius 3 is 2.69 bits per heavy atom. The van der Waals surface area contributed by atoms with E-state index in [4.69, 9.17) is 22.7 Å². The topological polar surface area (TPSA) is 110 Å². The van der Waals surface area contributed by atoms with Crippen molar-refractivity contribution in [3.63, 3.8) is 0 Å². The molecule has 0 fully saturated rings. The third kappa shape index (κ3) is 4.76. The minimum absolute atomic E-state index is 0.213. The van der Waals surface area contributed by atoms with Gasteiger partial charge in [0, 0.05) is 32.9 Å². The van der Waals surface area contributed by atoms with Crippen molar-refractivity contribution in [3.8, 4) is 0 Å². The lowest BCUT2D eigenvalue weighted by atomic mass is 10.0. The number of benzene rings is 2. The maximum atomic E-state index is 13.7. The molecule has 0 saturated heterocycles. The molecular weight excluding hydrogens is 435 g/mol. The summed E-state index contributed by atoms with van der Waals surface area (Å²) in [5.74, 6) is -1.87. The molecule has 2 aromatic carbocycles. The number of aromatic amines is 1. The van der Waals surface area contributed by atoms with Crippen molar-refractivity contribution in [2.75, 3.05) is 20.8 Å². The zero-order valence-electron chi connectivity index (χ0n) is 17.6. The number of H-pyrrole nitrogens is 1. The molecule has 0 saturated carbocycles. The second-order valence-electron chi connectivity index (χ2n) is 7.27. The summed E-state index contributed by atoms with van der Waals surface area (Å²) in [6, 6.07) is 8.69. The summed E-state index contributed by atoms with van der Waals surface area (Å²) in [4.78, 5) is 42.1. The van der Waals surface area contributed by atoms with E-state index in [-0.39, 0.29) is 21.5 Å². The number of nitrogens with zero attached hydrogens (tertiary/aromatic N) is 2. The summed E-state index contributed by atoms with van der Waals surface area (Å²) in [5.41, 5.74) is 6.09. The monoisotopic (exact) mass is 458 g/mol. The van der Waals surface area contributed by atoms with Crippen LogP contribution in [0.15, 0.2) is 47.3 Å². The van der Waals surface area contributed by atoms with Gasteiger partial charge in [0.1, 0.15) is 11.9 Å². The predicted molar refractivity (Wildman–Crippen MR) is 120 cm³/mol. The van der Waals surface area contributed by atoms with Crippen LogP contribution in [0.3, 0.4) is 0 Å². The number of nitrogens with one attached hydrogen (secondary N) is 1. The molecule has 32 heavy (non-hydrogen) atoms. The number of aromatic nitrogens is 2. The van der Waals surface area contributed by atoms with E-state index in [0.29, 0.717) is 30.5 Å². The van der Waals surface area contributed by atoms with Gasteiger partial charge in [-0.25, -0.2) is 4.39 Å². The molecule has 3 N–H and O–H groups in total. The molecule has 0 aliphatic rings. The molecule has 1 unspecified atom stereocenters. The van der Waals surface area contributed by atoms with Crippen molar-refractivity contribution < 1.29 is 18.7 Å². The fourth-order valence-electron chi connectivity index (χ4n) is 3.53. The zero-order valence-corrected chi connectivity index (χ0v) is 18.4. The summed E-state index contributed by atoms with van der Waals surface area (Å²) in [6.07, 6.45) is 0.620. The second-order valence-corrected chi connectivity index (χ2v) is 7.66. The highest BCUT2D eigenvalue weighted by Crippen LogP contribution is 2.23. The van der Waals surface area contributed by atoms with Crippen LogP contribution in [0.5, 0.6) is 0 Å². The number of hydrogen-bond donors (Lipinski definition) is 2. The number of methoxy groups -OCH3 is 1. The molecule has 1 heterocycles. The van der Waals surface area contributed by atoms with Crippen LogP contribution in [0.1, 0.15) is 28.4 Å². The number of likely N-dealkylation sites (N-methyl/N-ethyl adjacent to an activating group) is 1. The number of hydrogen-bond acceptors (Lipinski definition) is 5. The molecule has 0 spiro atoms. The van der Waals surface area contributed by atoms with Gasteiger partial charge in [-0.15, -0.1) is 0 Å². The van der Waals surface area contributed by atoms with Gasteiger partial charge in [0.25, 0.3) is 11.5 Å². The first-order chi connectivity index (χ1) is 15.2. The third-order valence-electron chi connectivity index (χ3n) is 5.10. The molecule has 0 aliphatic heterocycles. The Labute approximate surface area is 188 Å². The van der Waals surface area contributed by atoms with Crippen LogP contribution < -0.4 is 11.3 Å². The van der Waals surface area contributed by atoms with E-state index in [2.05, 4.69) is 4.98 Å². The van der Waals surface area contributed by atoms with Crippen LogP contribution in [0, 0.1) is 10.6 Å². The Bertz CT molecular complexity index is 1290. The van der Waals surface area contributed by atoms with Gasteiger partial charge in [-0.05, 0) is 54.5 Å². The zero-order chi connectivity index (χ0) is 23.4. The fourth-order valence-corrected chi connectivity index (χ4v) is 3.82. The van der Waals surface area contributed by atoms with Gasteiger partial charge in [-0.1, -0.05) is 12.1 Å². The molecule has 10 heteroatoms. The van der Waals surface area contributed by atoms with Gasteiger partial charge < -0.3 is 20.4 Å². The molecule has 0 aliphatic carbocycles. The lowest BCUT2D eigenvalue weighted by molar-refractivity contribution is -0.122. The van der Waals surface area contributed by atoms with Crippen LogP contribution in [0.25, 0.3) is 10.9 Å². The van der Waals surface area contributed by atoms with Crippen LogP contribution in [-0.4, -0.2) is 47.0 Å². The van der Waals surface area contributed by atoms with Crippen molar-refractivity contribution in [3.05, 3.63) is 74.5 Å². The predicted octanol–water partition coefficient (Wildman–Crippen LogP) is 2.53. The first-order valence-electron chi connectivity index (χ1n) is 9.82. The summed E-state index contributed by atoms with van der Waals surface area (Å²) >= 11 is 5.30. The number of amides is 2. The highest BCUT2D eigenvalue weighted by molar-refractivity contribution is 7.71. The smallest absolute Gasteiger partial charge is 0.262 e. The number of carbonyl (C=O) groups is 2. The number of primary amides is 1. The Morgan fingerprint density at radius 2 is 2.03 bits per heavy atom. The number of carbonyl (C=O) groups excluding carboxylic acids is 2. The number of halogens is 1. The number of ether oxygens (including phenoxy) is 1. The lowest BCUT2D eigenvalue weighted by Gasteiger charge is -2.26. The van der Waals surface area contributed by atoms with E-state index >= 15 is 0 Å². The molecule has 0 radical (unpaired) electrons. The minimum atomic E-state index is -1.17. The standard InChI is InChI=1S/C22H23FN4O4S/c1-26(18(19(24)28)13-5-3-6-15(23)11-13)20(29)14-7-8-16-17(12-14)25-22(32)27(21(16)30)9-4-10-31-2/h3,5-8,11-12,18H,4,9-10H2,1-2H3,(H2,24,28)(H,25,32). The highest BCUT2D eigenvalue weighted by atomic mass is 32.1. The van der Waals surface area contributed by atoms with Crippen molar-refractivity contribution in [1.29, 1.82) is 0 Å². The van der Waals surface area contributed by atoms with Crippen LogP contribution in [0.2, 0.25) is 0 Å². The summed E-state index contributed by atoms with van der Waals surface area (Å²) in [7, 11) is 2.99. The van der Waals surface area contributed by atoms with Gasteiger partial charge in [-0.2, -0.15) is 0 Å². The van der Waals surface area contributed by atoms with Gasteiger partial charge in [0.2, 0.25) is 5.91 Å². The molecule has 168 valence electrons. The number of rotatable bonds is 8. The highest BCUT2D eigenvalue weighted by Gasteiger charge is 2.28. The molecule has 1 atom stereocenters. The van der Waals surface area contributed by atoms with E-state index in [1.165, 1.54) is 48.0 Å². The van der Waals surface area contributed by atoms with Gasteiger partial charge >= 0.3 is 0 Å². The van der Waals surface area contributed by atoms with Gasteiger partial charge in [0.15, 0.2) is 4.77 Å². The average molecular weight is 459 g/mol. The average Bonchev–Trinajstić information content (AvgIpc) is 2.75. The molecule has 3 rings (SSSR count). The first-order valence-corrected chi connectivity index (χ1v) is 10.2. The van der Waals surface area contributed by atoms with Crippen LogP contribution in [0.4, 0.5) is 4.39 Å². The fraction of sp³-hybridized carbons (Fsp3) is 0.273. The lowest BCUT2D eigenvalue weighted by Crippen LogP contribution is -2.39. The maximum absolute atomic E-state index is 13.7. The molecule has 2 amide bonds. The van der Waals surface area contributed by atoms with Crippen LogP contribution in [-0.2, 0) is 16.1 Å².